The molecule has 0 saturated carbocycles. The van der Waals surface area contributed by atoms with E-state index < -0.39 is 0 Å². The van der Waals surface area contributed by atoms with Gasteiger partial charge in [-0.2, -0.15) is 5.10 Å². The molecule has 0 aromatic carbocycles. The zero-order chi connectivity index (χ0) is 12.0. The fourth-order valence-corrected chi connectivity index (χ4v) is 1.82. The molecule has 0 amide bonds. The van der Waals surface area contributed by atoms with Crippen LogP contribution in [0.15, 0.2) is 12.4 Å². The van der Waals surface area contributed by atoms with E-state index in [1.54, 1.807) is 4.68 Å². The lowest BCUT2D eigenvalue weighted by atomic mass is 10.0. The first-order valence-electron chi connectivity index (χ1n) is 5.94. The fraction of sp³-hybridized carbons (Fsp3) is 0.750. The van der Waals surface area contributed by atoms with E-state index in [0.717, 1.165) is 24.8 Å². The monoisotopic (exact) mass is 226 g/mol. The zero-order valence-corrected chi connectivity index (χ0v) is 10.4. The van der Waals surface area contributed by atoms with E-state index >= 15 is 0 Å². The quantitative estimate of drug-likeness (QED) is 0.767. The third-order valence-electron chi connectivity index (χ3n) is 2.70. The smallest absolute Gasteiger partial charge is 0.0831 e. The summed E-state index contributed by atoms with van der Waals surface area (Å²) >= 11 is 0. The second-order valence-corrected chi connectivity index (χ2v) is 4.03. The molecule has 0 aliphatic carbocycles. The molecule has 2 atom stereocenters. The minimum absolute atomic E-state index is 0.0401. The number of rotatable bonds is 7. The first kappa shape index (κ1) is 13.2. The minimum atomic E-state index is -0.384. The van der Waals surface area contributed by atoms with Crippen LogP contribution in [0.25, 0.3) is 0 Å². The van der Waals surface area contributed by atoms with Gasteiger partial charge in [0.15, 0.2) is 0 Å². The maximum atomic E-state index is 9.96. The average Bonchev–Trinajstić information content (AvgIpc) is 2.68. The fourth-order valence-electron chi connectivity index (χ4n) is 1.82. The number of ether oxygens (including phenoxy) is 1. The standard InChI is InChI=1S/C12H22N2O2/c1-4-12(16-5-2)11(15)7-6-10-8-13-14(3)9-10/h8-9,11-12,15H,4-7H2,1-3H3. The maximum Gasteiger partial charge on any atom is 0.0831 e. The molecule has 1 aromatic heterocycles. The summed E-state index contributed by atoms with van der Waals surface area (Å²) in [6.45, 7) is 4.65. The van der Waals surface area contributed by atoms with E-state index in [1.807, 2.05) is 33.3 Å². The molecule has 2 unspecified atom stereocenters. The Morgan fingerprint density at radius 1 is 1.50 bits per heavy atom. The van der Waals surface area contributed by atoms with Crippen molar-refractivity contribution in [2.45, 2.75) is 45.3 Å². The zero-order valence-electron chi connectivity index (χ0n) is 10.4. The van der Waals surface area contributed by atoms with Crippen molar-refractivity contribution < 1.29 is 9.84 Å². The number of aromatic nitrogens is 2. The Morgan fingerprint density at radius 3 is 2.75 bits per heavy atom. The molecule has 92 valence electrons. The molecule has 0 bridgehead atoms. The summed E-state index contributed by atoms with van der Waals surface area (Å²) < 4.78 is 7.26. The predicted molar refractivity (Wildman–Crippen MR) is 63.2 cm³/mol. The van der Waals surface area contributed by atoms with Crippen LogP contribution >= 0.6 is 0 Å². The summed E-state index contributed by atoms with van der Waals surface area (Å²) in [6, 6.07) is 0. The van der Waals surface area contributed by atoms with Gasteiger partial charge >= 0.3 is 0 Å². The van der Waals surface area contributed by atoms with E-state index in [1.165, 1.54) is 0 Å². The van der Waals surface area contributed by atoms with E-state index in [0.29, 0.717) is 6.61 Å². The molecule has 0 radical (unpaired) electrons. The van der Waals surface area contributed by atoms with Crippen molar-refractivity contribution >= 4 is 0 Å². The molecule has 0 aliphatic rings. The lowest BCUT2D eigenvalue weighted by Crippen LogP contribution is -2.28. The van der Waals surface area contributed by atoms with Crippen LogP contribution in [-0.2, 0) is 18.2 Å². The highest BCUT2D eigenvalue weighted by molar-refractivity contribution is 5.03. The van der Waals surface area contributed by atoms with Crippen molar-refractivity contribution in [2.24, 2.45) is 7.05 Å². The highest BCUT2D eigenvalue weighted by Crippen LogP contribution is 2.11. The Bertz CT molecular complexity index is 299. The van der Waals surface area contributed by atoms with Crippen LogP contribution < -0.4 is 0 Å². The maximum absolute atomic E-state index is 9.96. The number of aliphatic hydroxyl groups excluding tert-OH is 1. The van der Waals surface area contributed by atoms with Crippen molar-refractivity contribution in [2.75, 3.05) is 6.61 Å². The van der Waals surface area contributed by atoms with Gasteiger partial charge in [-0.15, -0.1) is 0 Å². The lowest BCUT2D eigenvalue weighted by Gasteiger charge is -2.21. The van der Waals surface area contributed by atoms with Crippen molar-refractivity contribution in [1.82, 2.24) is 9.78 Å². The van der Waals surface area contributed by atoms with Crippen LogP contribution in [0.2, 0.25) is 0 Å². The number of hydrogen-bond donors (Lipinski definition) is 1. The second-order valence-electron chi connectivity index (χ2n) is 4.03. The molecule has 0 aliphatic heterocycles. The van der Waals surface area contributed by atoms with E-state index in [2.05, 4.69) is 5.10 Å². The largest absolute Gasteiger partial charge is 0.390 e. The Labute approximate surface area is 97.2 Å². The molecular weight excluding hydrogens is 204 g/mol. The van der Waals surface area contributed by atoms with Gasteiger partial charge in [0.25, 0.3) is 0 Å². The third-order valence-corrected chi connectivity index (χ3v) is 2.70. The Morgan fingerprint density at radius 2 is 2.25 bits per heavy atom. The van der Waals surface area contributed by atoms with Gasteiger partial charge in [-0.05, 0) is 31.7 Å². The molecule has 1 N–H and O–H groups in total. The van der Waals surface area contributed by atoms with Gasteiger partial charge < -0.3 is 9.84 Å². The molecule has 0 fully saturated rings. The molecule has 4 heteroatoms. The normalized spacial score (nSPS) is 15.0. The van der Waals surface area contributed by atoms with E-state index in [4.69, 9.17) is 4.74 Å². The van der Waals surface area contributed by atoms with E-state index in [-0.39, 0.29) is 12.2 Å². The van der Waals surface area contributed by atoms with Crippen LogP contribution in [0, 0.1) is 0 Å². The highest BCUT2D eigenvalue weighted by atomic mass is 16.5. The SMILES string of the molecule is CCOC(CC)C(O)CCc1cnn(C)c1. The first-order chi connectivity index (χ1) is 7.67. The summed E-state index contributed by atoms with van der Waals surface area (Å²) in [7, 11) is 1.90. The highest BCUT2D eigenvalue weighted by Gasteiger charge is 2.17. The van der Waals surface area contributed by atoms with Crippen LogP contribution in [-0.4, -0.2) is 33.7 Å². The molecular formula is C12H22N2O2. The molecule has 4 nitrogen and oxygen atoms in total. The molecule has 1 rings (SSSR count). The number of aliphatic hydroxyl groups is 1. The molecule has 1 aromatic rings. The van der Waals surface area contributed by atoms with Gasteiger partial charge in [0.2, 0.25) is 0 Å². The molecule has 1 heterocycles. The van der Waals surface area contributed by atoms with Gasteiger partial charge in [0, 0.05) is 19.9 Å². The van der Waals surface area contributed by atoms with Gasteiger partial charge in [-0.1, -0.05) is 6.92 Å². The minimum Gasteiger partial charge on any atom is -0.390 e. The van der Waals surface area contributed by atoms with Gasteiger partial charge in [0.1, 0.15) is 0 Å². The number of hydrogen-bond acceptors (Lipinski definition) is 3. The Kier molecular flexibility index (Phi) is 5.49. The number of aryl methyl sites for hydroxylation is 2. The summed E-state index contributed by atoms with van der Waals surface area (Å²) in [5.74, 6) is 0. The van der Waals surface area contributed by atoms with Crippen LogP contribution in [0.1, 0.15) is 32.3 Å². The van der Waals surface area contributed by atoms with Crippen LogP contribution in [0.3, 0.4) is 0 Å². The first-order valence-corrected chi connectivity index (χ1v) is 5.94. The third kappa shape index (κ3) is 3.94. The summed E-state index contributed by atoms with van der Waals surface area (Å²) in [5.41, 5.74) is 1.16. The Hall–Kier alpha value is -0.870. The molecule has 0 spiro atoms. The molecule has 16 heavy (non-hydrogen) atoms. The van der Waals surface area contributed by atoms with Gasteiger partial charge in [-0.25, -0.2) is 0 Å². The van der Waals surface area contributed by atoms with Gasteiger partial charge in [0.05, 0.1) is 18.4 Å². The second kappa shape index (κ2) is 6.66. The van der Waals surface area contributed by atoms with Crippen molar-refractivity contribution in [1.29, 1.82) is 0 Å². The van der Waals surface area contributed by atoms with Crippen molar-refractivity contribution in [3.8, 4) is 0 Å². The average molecular weight is 226 g/mol. The van der Waals surface area contributed by atoms with Crippen molar-refractivity contribution in [3.63, 3.8) is 0 Å². The van der Waals surface area contributed by atoms with Crippen LogP contribution in [0.4, 0.5) is 0 Å². The summed E-state index contributed by atoms with van der Waals surface area (Å²) in [6.07, 6.45) is 5.82. The van der Waals surface area contributed by atoms with Crippen LogP contribution in [0.5, 0.6) is 0 Å². The number of nitrogens with zero attached hydrogens (tertiary/aromatic N) is 2. The van der Waals surface area contributed by atoms with E-state index in [9.17, 15) is 5.11 Å². The molecule has 0 saturated heterocycles. The summed E-state index contributed by atoms with van der Waals surface area (Å²) in [4.78, 5) is 0. The van der Waals surface area contributed by atoms with Gasteiger partial charge in [-0.3, -0.25) is 4.68 Å². The van der Waals surface area contributed by atoms with Crippen molar-refractivity contribution in [3.05, 3.63) is 18.0 Å². The topological polar surface area (TPSA) is 47.3 Å². The Balaban J connectivity index is 2.36. The summed E-state index contributed by atoms with van der Waals surface area (Å²) in [5, 5.41) is 14.1. The lowest BCUT2D eigenvalue weighted by molar-refractivity contribution is -0.0369. The predicted octanol–water partition coefficient (Wildman–Crippen LogP) is 1.53.